The van der Waals surface area contributed by atoms with Crippen molar-refractivity contribution in [3.63, 3.8) is 0 Å². The Morgan fingerprint density at radius 3 is 2.44 bits per heavy atom. The summed E-state index contributed by atoms with van der Waals surface area (Å²) in [5.41, 5.74) is 0.570. The second-order valence-electron chi connectivity index (χ2n) is 4.35. The van der Waals surface area contributed by atoms with E-state index >= 15 is 0 Å². The lowest BCUT2D eigenvalue weighted by Gasteiger charge is -2.22. The summed E-state index contributed by atoms with van der Waals surface area (Å²) in [5.74, 6) is -0.557. The van der Waals surface area contributed by atoms with Crippen LogP contribution in [0.15, 0.2) is 18.2 Å². The average molecular weight is 227 g/mol. The Hall–Kier alpha value is -0.960. The van der Waals surface area contributed by atoms with Crippen LogP contribution in [0.25, 0.3) is 0 Å². The van der Waals surface area contributed by atoms with Gasteiger partial charge in [-0.05, 0) is 30.5 Å². The van der Waals surface area contributed by atoms with Gasteiger partial charge in [0.25, 0.3) is 0 Å². The maximum atomic E-state index is 13.4. The molecule has 0 radical (unpaired) electrons. The van der Waals surface area contributed by atoms with Crippen LogP contribution in [-0.4, -0.2) is 12.6 Å². The lowest BCUT2D eigenvalue weighted by molar-refractivity contribution is 0.399. The Kier molecular flexibility index (Phi) is 4.87. The van der Waals surface area contributed by atoms with Crippen molar-refractivity contribution in [2.24, 2.45) is 5.92 Å². The molecule has 0 heterocycles. The number of hydrogen-bond acceptors (Lipinski definition) is 1. The molecule has 0 saturated carbocycles. The zero-order valence-corrected chi connectivity index (χ0v) is 10.1. The van der Waals surface area contributed by atoms with Crippen molar-refractivity contribution >= 4 is 0 Å². The van der Waals surface area contributed by atoms with Gasteiger partial charge >= 0.3 is 0 Å². The molecule has 1 rings (SSSR count). The molecule has 0 amide bonds. The van der Waals surface area contributed by atoms with Gasteiger partial charge in [-0.15, -0.1) is 0 Å². The number of benzene rings is 1. The summed E-state index contributed by atoms with van der Waals surface area (Å²) in [4.78, 5) is 0. The largest absolute Gasteiger partial charge is 0.314 e. The van der Waals surface area contributed by atoms with E-state index in [-0.39, 0.29) is 6.04 Å². The van der Waals surface area contributed by atoms with E-state index in [0.29, 0.717) is 17.9 Å². The van der Waals surface area contributed by atoms with Gasteiger partial charge in [-0.25, -0.2) is 8.78 Å². The fourth-order valence-electron chi connectivity index (χ4n) is 1.73. The summed E-state index contributed by atoms with van der Waals surface area (Å²) in [6.45, 7) is 7.06. The van der Waals surface area contributed by atoms with Gasteiger partial charge in [-0.1, -0.05) is 26.8 Å². The Bertz CT molecular complexity index is 337. The SMILES string of the molecule is CCNC(Cc1ccc(F)cc1F)C(C)C. The Balaban J connectivity index is 2.77. The third-order valence-corrected chi connectivity index (χ3v) is 2.73. The van der Waals surface area contributed by atoms with Crippen LogP contribution in [0.5, 0.6) is 0 Å². The molecule has 0 aliphatic carbocycles. The summed E-state index contributed by atoms with van der Waals surface area (Å²) in [6, 6.07) is 4.00. The predicted octanol–water partition coefficient (Wildman–Crippen LogP) is 3.14. The van der Waals surface area contributed by atoms with Gasteiger partial charge in [0.15, 0.2) is 0 Å². The second kappa shape index (κ2) is 5.94. The number of halogens is 2. The fourth-order valence-corrected chi connectivity index (χ4v) is 1.73. The minimum absolute atomic E-state index is 0.227. The highest BCUT2D eigenvalue weighted by atomic mass is 19.1. The molecule has 1 aromatic carbocycles. The minimum Gasteiger partial charge on any atom is -0.314 e. The van der Waals surface area contributed by atoms with E-state index in [9.17, 15) is 8.78 Å². The third-order valence-electron chi connectivity index (χ3n) is 2.73. The summed E-state index contributed by atoms with van der Waals surface area (Å²) in [6.07, 6.45) is 0.595. The molecular weight excluding hydrogens is 208 g/mol. The fraction of sp³-hybridized carbons (Fsp3) is 0.538. The highest BCUT2D eigenvalue weighted by Gasteiger charge is 2.15. The van der Waals surface area contributed by atoms with Crippen molar-refractivity contribution in [3.05, 3.63) is 35.4 Å². The lowest BCUT2D eigenvalue weighted by Crippen LogP contribution is -2.35. The minimum atomic E-state index is -0.522. The molecule has 0 aliphatic heterocycles. The van der Waals surface area contributed by atoms with Gasteiger partial charge in [0.05, 0.1) is 0 Å². The zero-order valence-electron chi connectivity index (χ0n) is 10.1. The molecule has 1 unspecified atom stereocenters. The molecule has 0 aromatic heterocycles. The maximum absolute atomic E-state index is 13.4. The summed E-state index contributed by atoms with van der Waals surface area (Å²) >= 11 is 0. The summed E-state index contributed by atoms with van der Waals surface area (Å²) in [5, 5.41) is 3.31. The molecule has 0 saturated heterocycles. The van der Waals surface area contributed by atoms with E-state index < -0.39 is 11.6 Å². The third kappa shape index (κ3) is 3.56. The van der Waals surface area contributed by atoms with Crippen LogP contribution < -0.4 is 5.32 Å². The first-order valence-corrected chi connectivity index (χ1v) is 5.72. The number of likely N-dealkylation sites (N-methyl/N-ethyl adjacent to an activating group) is 1. The summed E-state index contributed by atoms with van der Waals surface area (Å²) < 4.78 is 26.2. The monoisotopic (exact) mass is 227 g/mol. The van der Waals surface area contributed by atoms with Crippen LogP contribution in [0.1, 0.15) is 26.3 Å². The molecule has 16 heavy (non-hydrogen) atoms. The van der Waals surface area contributed by atoms with Crippen molar-refractivity contribution in [3.8, 4) is 0 Å². The highest BCUT2D eigenvalue weighted by Crippen LogP contribution is 2.15. The van der Waals surface area contributed by atoms with E-state index in [1.54, 1.807) is 0 Å². The molecule has 1 nitrogen and oxygen atoms in total. The summed E-state index contributed by atoms with van der Waals surface area (Å²) in [7, 11) is 0. The van der Waals surface area contributed by atoms with Crippen molar-refractivity contribution in [1.82, 2.24) is 5.32 Å². The van der Waals surface area contributed by atoms with Crippen LogP contribution in [-0.2, 0) is 6.42 Å². The molecule has 0 aliphatic rings. The molecular formula is C13H19F2N. The molecule has 0 bridgehead atoms. The van der Waals surface area contributed by atoms with Gasteiger partial charge in [0, 0.05) is 12.1 Å². The molecule has 90 valence electrons. The molecule has 1 aromatic rings. The molecule has 3 heteroatoms. The van der Waals surface area contributed by atoms with Crippen LogP contribution in [0.3, 0.4) is 0 Å². The topological polar surface area (TPSA) is 12.0 Å². The maximum Gasteiger partial charge on any atom is 0.129 e. The van der Waals surface area contributed by atoms with Crippen LogP contribution in [0, 0.1) is 17.6 Å². The van der Waals surface area contributed by atoms with Gasteiger partial charge in [0.1, 0.15) is 11.6 Å². The molecule has 0 spiro atoms. The molecule has 1 N–H and O–H groups in total. The first kappa shape index (κ1) is 13.1. The van der Waals surface area contributed by atoms with Crippen molar-refractivity contribution in [2.45, 2.75) is 33.2 Å². The number of hydrogen-bond donors (Lipinski definition) is 1. The van der Waals surface area contributed by atoms with Crippen molar-refractivity contribution in [1.29, 1.82) is 0 Å². The van der Waals surface area contributed by atoms with E-state index in [4.69, 9.17) is 0 Å². The number of nitrogens with one attached hydrogen (secondary N) is 1. The average Bonchev–Trinajstić information content (AvgIpc) is 2.20. The van der Waals surface area contributed by atoms with E-state index in [1.165, 1.54) is 12.1 Å². The Morgan fingerprint density at radius 1 is 1.25 bits per heavy atom. The quantitative estimate of drug-likeness (QED) is 0.814. The first-order valence-electron chi connectivity index (χ1n) is 5.72. The zero-order chi connectivity index (χ0) is 12.1. The van der Waals surface area contributed by atoms with Gasteiger partial charge in [0.2, 0.25) is 0 Å². The van der Waals surface area contributed by atoms with Crippen LogP contribution in [0.4, 0.5) is 8.78 Å². The smallest absolute Gasteiger partial charge is 0.129 e. The molecule has 1 atom stereocenters. The van der Waals surface area contributed by atoms with Crippen molar-refractivity contribution < 1.29 is 8.78 Å². The number of rotatable bonds is 5. The Morgan fingerprint density at radius 2 is 1.94 bits per heavy atom. The van der Waals surface area contributed by atoms with E-state index in [2.05, 4.69) is 19.2 Å². The van der Waals surface area contributed by atoms with Gasteiger partial charge in [-0.3, -0.25) is 0 Å². The van der Waals surface area contributed by atoms with Gasteiger partial charge in [-0.2, -0.15) is 0 Å². The van der Waals surface area contributed by atoms with E-state index in [0.717, 1.165) is 12.6 Å². The van der Waals surface area contributed by atoms with Crippen LogP contribution >= 0.6 is 0 Å². The first-order chi connectivity index (χ1) is 7.54. The standard InChI is InChI=1S/C13H19F2N/c1-4-16-13(9(2)3)7-10-5-6-11(14)8-12(10)15/h5-6,8-9,13,16H,4,7H2,1-3H3. The highest BCUT2D eigenvalue weighted by molar-refractivity contribution is 5.19. The molecule has 0 fully saturated rings. The Labute approximate surface area is 95.9 Å². The van der Waals surface area contributed by atoms with E-state index in [1.807, 2.05) is 6.92 Å². The predicted molar refractivity (Wildman–Crippen MR) is 62.4 cm³/mol. The normalized spacial score (nSPS) is 13.1. The van der Waals surface area contributed by atoms with Crippen LogP contribution in [0.2, 0.25) is 0 Å². The second-order valence-corrected chi connectivity index (χ2v) is 4.35. The lowest BCUT2D eigenvalue weighted by atomic mass is 9.96. The van der Waals surface area contributed by atoms with Crippen molar-refractivity contribution in [2.75, 3.05) is 6.54 Å². The van der Waals surface area contributed by atoms with Gasteiger partial charge < -0.3 is 5.32 Å².